The lowest BCUT2D eigenvalue weighted by molar-refractivity contribution is -0.144. The van der Waals surface area contributed by atoms with E-state index in [-0.39, 0.29) is 35.3 Å². The van der Waals surface area contributed by atoms with Gasteiger partial charge in [-0.15, -0.1) is 0 Å². The molecule has 0 radical (unpaired) electrons. The van der Waals surface area contributed by atoms with Crippen LogP contribution in [0.1, 0.15) is 89.1 Å². The number of rotatable bonds is 23. The third-order valence-corrected chi connectivity index (χ3v) is 14.2. The number of ketones is 3. The van der Waals surface area contributed by atoms with Crippen LogP contribution in [0.3, 0.4) is 0 Å². The van der Waals surface area contributed by atoms with Gasteiger partial charge < -0.3 is 49.9 Å². The van der Waals surface area contributed by atoms with Crippen molar-refractivity contribution in [3.8, 4) is 17.2 Å². The predicted molar refractivity (Wildman–Crippen MR) is 317 cm³/mol. The van der Waals surface area contributed by atoms with Crippen LogP contribution in [-0.4, -0.2) is 112 Å². The predicted octanol–water partition coefficient (Wildman–Crippen LogP) is 9.25. The zero-order chi connectivity index (χ0) is 62.6. The topological polar surface area (TPSA) is 271 Å². The summed E-state index contributed by atoms with van der Waals surface area (Å²) in [6, 6.07) is 27.6. The van der Waals surface area contributed by atoms with E-state index in [2.05, 4.69) is 21.3 Å². The Bertz CT molecular complexity index is 3390. The summed E-state index contributed by atoms with van der Waals surface area (Å²) in [6.07, 6.45) is -3.13. The van der Waals surface area contributed by atoms with Crippen molar-refractivity contribution in [3.05, 3.63) is 136 Å². The number of methoxy groups -OCH3 is 1. The van der Waals surface area contributed by atoms with Gasteiger partial charge in [-0.1, -0.05) is 91.2 Å². The number of aryl methyl sites for hydroxylation is 4. The molecule has 2 aliphatic rings. The van der Waals surface area contributed by atoms with Gasteiger partial charge in [0.2, 0.25) is 11.8 Å². The summed E-state index contributed by atoms with van der Waals surface area (Å²) in [7, 11) is 1.38. The SMILES string of the molecule is CCC(Oc1ccc(C)cc1C)C(=O)Nc1ccc(OC)c(NC(=O)C(C(C)=O)N2C(=O)OC(C)(C)C2=O)c1.CCOC1C(=O)C(C(C(C)=O)C(=O)Nc2cc(NC(=O)C(CC)Oc3ccc(C)cc3C)ccc2Cl)C(=O)N1Cc1ccccc1. The molecule has 4 N–H and O–H groups in total. The Balaban J connectivity index is 0.000000276. The standard InChI is InChI=1S/C35H38ClN3O7.C28H33N3O8/c1-6-27(46-28-16-13-20(3)17-21(28)4)32(42)37-24-14-15-25(36)26(18-24)38-33(43)29(22(5)40)30-31(41)35(45-7-2)39(34(30)44)19-23-11-9-8-10-12-23;1-8-20(38-21-11-9-15(2)13-16(21)3)24(33)29-18-10-12-22(37-7)19(14-18)30-25(34)23(17(4)32)31-26(35)28(5,6)39-27(31)36/h8-18,27,29-30,35H,6-7,19H2,1-5H3,(H,37,42)(H,38,43);9-14,20,23H,8H2,1-7H3,(H,29,33)(H,30,34). The minimum atomic E-state index is -1.76. The van der Waals surface area contributed by atoms with E-state index >= 15 is 0 Å². The summed E-state index contributed by atoms with van der Waals surface area (Å²) in [6.45, 7) is 18.3. The van der Waals surface area contributed by atoms with Crippen molar-refractivity contribution in [2.75, 3.05) is 35.0 Å². The highest BCUT2D eigenvalue weighted by atomic mass is 35.5. The van der Waals surface area contributed by atoms with Crippen molar-refractivity contribution in [2.24, 2.45) is 11.8 Å². The van der Waals surface area contributed by atoms with Crippen LogP contribution in [0.25, 0.3) is 0 Å². The van der Waals surface area contributed by atoms with Crippen molar-refractivity contribution in [3.63, 3.8) is 0 Å². The van der Waals surface area contributed by atoms with Gasteiger partial charge in [-0.2, -0.15) is 0 Å². The first-order valence-corrected chi connectivity index (χ1v) is 27.9. The Labute approximate surface area is 498 Å². The molecule has 2 aliphatic heterocycles. The number of amides is 7. The molecule has 22 heteroatoms. The van der Waals surface area contributed by atoms with Crippen LogP contribution in [-0.2, 0) is 59.2 Å². The normalized spacial score (nSPS) is 16.6. The fraction of sp³-hybridized carbons (Fsp3) is 0.365. The molecule has 5 aromatic rings. The molecule has 0 spiro atoms. The first kappa shape index (κ1) is 65.2. The summed E-state index contributed by atoms with van der Waals surface area (Å²) >= 11 is 6.38. The van der Waals surface area contributed by atoms with Gasteiger partial charge in [-0.25, -0.2) is 9.69 Å². The molecule has 0 aliphatic carbocycles. The lowest BCUT2D eigenvalue weighted by atomic mass is 9.86. The number of carbonyl (C=O) groups is 10. The molecule has 2 saturated heterocycles. The molecule has 2 heterocycles. The Morgan fingerprint density at radius 2 is 1.15 bits per heavy atom. The molecule has 0 aromatic heterocycles. The number of cyclic esters (lactones) is 1. The third-order valence-electron chi connectivity index (χ3n) is 13.9. The zero-order valence-corrected chi connectivity index (χ0v) is 50.3. The number of benzene rings is 5. The molecule has 6 atom stereocenters. The quantitative estimate of drug-likeness (QED) is 0.0444. The smallest absolute Gasteiger partial charge is 0.418 e. The molecule has 0 saturated carbocycles. The van der Waals surface area contributed by atoms with Crippen molar-refractivity contribution >= 4 is 93.2 Å². The molecule has 7 amide bonds. The molecular weight excluding hydrogens is 1120 g/mol. The Morgan fingerprint density at radius 1 is 0.635 bits per heavy atom. The van der Waals surface area contributed by atoms with E-state index in [1.807, 2.05) is 84.0 Å². The van der Waals surface area contributed by atoms with Crippen LogP contribution in [0.2, 0.25) is 5.02 Å². The second-order valence-corrected chi connectivity index (χ2v) is 21.3. The number of hydrogen-bond donors (Lipinski definition) is 4. The number of hydrogen-bond acceptors (Lipinski definition) is 15. The van der Waals surface area contributed by atoms with Gasteiger partial charge in [0.05, 0.1) is 23.5 Å². The molecule has 6 unspecified atom stereocenters. The van der Waals surface area contributed by atoms with E-state index in [0.717, 1.165) is 41.7 Å². The van der Waals surface area contributed by atoms with Gasteiger partial charge in [0.25, 0.3) is 23.6 Å². The minimum Gasteiger partial charge on any atom is -0.495 e. The highest BCUT2D eigenvalue weighted by Gasteiger charge is 2.55. The van der Waals surface area contributed by atoms with Crippen LogP contribution < -0.4 is 35.5 Å². The van der Waals surface area contributed by atoms with E-state index in [9.17, 15) is 47.9 Å². The number of Topliss-reactive ketones (excluding diaryl/α,β-unsaturated/α-hetero) is 3. The third kappa shape index (κ3) is 15.8. The molecule has 0 bridgehead atoms. The van der Waals surface area contributed by atoms with Crippen LogP contribution in [0.4, 0.5) is 27.5 Å². The second-order valence-electron chi connectivity index (χ2n) is 20.9. The second kappa shape index (κ2) is 28.6. The number of anilines is 4. The van der Waals surface area contributed by atoms with Gasteiger partial charge in [-0.05, 0) is 140 Å². The van der Waals surface area contributed by atoms with Crippen LogP contribution in [0.15, 0.2) is 103 Å². The Kier molecular flexibility index (Phi) is 21.9. The molecule has 450 valence electrons. The maximum absolute atomic E-state index is 13.6. The summed E-state index contributed by atoms with van der Waals surface area (Å²) in [5.74, 6) is -8.02. The fourth-order valence-electron chi connectivity index (χ4n) is 9.52. The Morgan fingerprint density at radius 3 is 1.62 bits per heavy atom. The number of imide groups is 1. The van der Waals surface area contributed by atoms with E-state index in [1.54, 1.807) is 43.3 Å². The van der Waals surface area contributed by atoms with Crippen LogP contribution in [0.5, 0.6) is 17.2 Å². The molecule has 7 rings (SSSR count). The minimum absolute atomic E-state index is 0.0678. The average molecular weight is 1190 g/mol. The fourth-order valence-corrected chi connectivity index (χ4v) is 9.68. The maximum atomic E-state index is 13.6. The number of likely N-dealkylation sites (tertiary alicyclic amines) is 1. The molecule has 85 heavy (non-hydrogen) atoms. The van der Waals surface area contributed by atoms with Crippen LogP contribution >= 0.6 is 11.6 Å². The zero-order valence-electron chi connectivity index (χ0n) is 49.5. The summed E-state index contributed by atoms with van der Waals surface area (Å²) in [5, 5.41) is 10.8. The molecule has 21 nitrogen and oxygen atoms in total. The van der Waals surface area contributed by atoms with Crippen molar-refractivity contribution in [2.45, 2.75) is 126 Å². The highest BCUT2D eigenvalue weighted by molar-refractivity contribution is 6.34. The van der Waals surface area contributed by atoms with E-state index in [0.29, 0.717) is 40.6 Å². The van der Waals surface area contributed by atoms with Gasteiger partial charge in [-0.3, -0.25) is 43.2 Å². The number of halogens is 1. The number of nitrogens with zero attached hydrogens (tertiary/aromatic N) is 2. The summed E-state index contributed by atoms with van der Waals surface area (Å²) < 4.78 is 27.9. The van der Waals surface area contributed by atoms with E-state index in [4.69, 9.17) is 35.3 Å². The van der Waals surface area contributed by atoms with Crippen molar-refractivity contribution in [1.82, 2.24) is 9.80 Å². The maximum Gasteiger partial charge on any atom is 0.418 e. The molecular formula is C63H71ClN6O15. The first-order valence-electron chi connectivity index (χ1n) is 27.5. The largest absolute Gasteiger partial charge is 0.495 e. The van der Waals surface area contributed by atoms with Crippen LogP contribution in [0, 0.1) is 39.5 Å². The summed E-state index contributed by atoms with van der Waals surface area (Å²) in [5.41, 5.74) is 4.01. The molecule has 5 aromatic carbocycles. The Hall–Kier alpha value is -8.95. The number of ether oxygens (including phenoxy) is 5. The van der Waals surface area contributed by atoms with Crippen molar-refractivity contribution in [1.29, 1.82) is 0 Å². The van der Waals surface area contributed by atoms with E-state index in [1.165, 1.54) is 50.1 Å². The lowest BCUT2D eigenvalue weighted by Crippen LogP contribution is -2.52. The van der Waals surface area contributed by atoms with Crippen molar-refractivity contribution < 1.29 is 71.6 Å². The number of carbonyl (C=O) groups excluding carboxylic acids is 10. The average Bonchev–Trinajstić information content (AvgIpc) is 2.20. The highest BCUT2D eigenvalue weighted by Crippen LogP contribution is 2.35. The summed E-state index contributed by atoms with van der Waals surface area (Å²) in [4.78, 5) is 132. The monoisotopic (exact) mass is 1190 g/mol. The lowest BCUT2D eigenvalue weighted by Gasteiger charge is -2.23. The molecule has 2 fully saturated rings. The first-order chi connectivity index (χ1) is 40.2. The number of nitrogens with one attached hydrogen (secondary N) is 4. The van der Waals surface area contributed by atoms with Gasteiger partial charge in [0.15, 0.2) is 41.6 Å². The van der Waals surface area contributed by atoms with Gasteiger partial charge in [0, 0.05) is 24.5 Å². The van der Waals surface area contributed by atoms with Gasteiger partial charge >= 0.3 is 6.09 Å². The van der Waals surface area contributed by atoms with Gasteiger partial charge in [0.1, 0.15) is 34.9 Å². The van der Waals surface area contributed by atoms with E-state index < -0.39 is 101 Å².